The number of hydrogen-bond acceptors (Lipinski definition) is 4. The van der Waals surface area contributed by atoms with Gasteiger partial charge in [0.05, 0.1) is 0 Å². The summed E-state index contributed by atoms with van der Waals surface area (Å²) in [6, 6.07) is 4.27. The van der Waals surface area contributed by atoms with Crippen molar-refractivity contribution in [3.8, 4) is 11.5 Å². The van der Waals surface area contributed by atoms with E-state index in [0.717, 1.165) is 23.9 Å². The molecule has 1 aromatic rings. The first-order valence-electron chi connectivity index (χ1n) is 7.28. The number of nitrogens with zero attached hydrogens (tertiary/aromatic N) is 2. The van der Waals surface area contributed by atoms with E-state index in [1.54, 1.807) is 15.9 Å². The van der Waals surface area contributed by atoms with Crippen molar-refractivity contribution in [2.24, 2.45) is 0 Å². The Balaban J connectivity index is 2.25. The van der Waals surface area contributed by atoms with Crippen LogP contribution < -0.4 is 0 Å². The van der Waals surface area contributed by atoms with Crippen LogP contribution in [0.25, 0.3) is 6.08 Å². The number of benzene rings is 1. The fourth-order valence-electron chi connectivity index (χ4n) is 2.39. The van der Waals surface area contributed by atoms with Gasteiger partial charge in [-0.3, -0.25) is 0 Å². The molecular formula is C16H20N2O3Se. The number of amides is 1. The third-order valence-electron chi connectivity index (χ3n) is 3.56. The summed E-state index contributed by atoms with van der Waals surface area (Å²) >= 11 is 2.94. The molecule has 1 heterocycles. The first-order valence-corrected chi connectivity index (χ1v) is 8.14. The van der Waals surface area contributed by atoms with E-state index in [1.807, 2.05) is 7.05 Å². The molecule has 2 N–H and O–H groups in total. The van der Waals surface area contributed by atoms with Gasteiger partial charge in [0, 0.05) is 0 Å². The summed E-state index contributed by atoms with van der Waals surface area (Å²) in [6.07, 6.45) is 4.81. The van der Waals surface area contributed by atoms with E-state index in [9.17, 15) is 15.0 Å². The minimum absolute atomic E-state index is 0.0352. The van der Waals surface area contributed by atoms with Gasteiger partial charge in [-0.15, -0.1) is 0 Å². The van der Waals surface area contributed by atoms with Gasteiger partial charge in [-0.2, -0.15) is 0 Å². The van der Waals surface area contributed by atoms with Gasteiger partial charge in [0.2, 0.25) is 0 Å². The number of likely N-dealkylation sites (N-methyl/N-ethyl adjacent to an activating group) is 1. The van der Waals surface area contributed by atoms with Crippen LogP contribution in [0, 0.1) is 0 Å². The number of rotatable bonds is 5. The molecule has 6 heteroatoms. The zero-order valence-electron chi connectivity index (χ0n) is 12.7. The molecule has 0 atom stereocenters. The summed E-state index contributed by atoms with van der Waals surface area (Å²) in [7, 11) is 1.82. The molecule has 0 saturated carbocycles. The van der Waals surface area contributed by atoms with E-state index in [2.05, 4.69) is 22.5 Å². The Kier molecular flexibility index (Phi) is 5.27. The summed E-state index contributed by atoms with van der Waals surface area (Å²) in [5.74, 6) is -0.144. The van der Waals surface area contributed by atoms with Gasteiger partial charge in [0.15, 0.2) is 0 Å². The van der Waals surface area contributed by atoms with Crippen molar-refractivity contribution in [3.63, 3.8) is 0 Å². The average molecular weight is 367 g/mol. The molecular weight excluding hydrogens is 347 g/mol. The number of unbranched alkanes of at least 4 members (excludes halogenated alkanes) is 2. The van der Waals surface area contributed by atoms with Crippen LogP contribution in [0.3, 0.4) is 0 Å². The molecule has 1 aliphatic rings. The summed E-state index contributed by atoms with van der Waals surface area (Å²) in [4.78, 5) is 16.1. The molecule has 0 radical (unpaired) electrons. The zero-order valence-corrected chi connectivity index (χ0v) is 14.5. The number of aromatic hydroxyl groups is 2. The Morgan fingerprint density at radius 1 is 1.18 bits per heavy atom. The predicted molar refractivity (Wildman–Crippen MR) is 87.5 cm³/mol. The van der Waals surface area contributed by atoms with E-state index in [0.29, 0.717) is 17.8 Å². The molecule has 22 heavy (non-hydrogen) atoms. The second-order valence-corrected chi connectivity index (χ2v) is 6.08. The van der Waals surface area contributed by atoms with Crippen molar-refractivity contribution in [2.45, 2.75) is 26.2 Å². The van der Waals surface area contributed by atoms with Crippen LogP contribution in [0.4, 0.5) is 0 Å². The minimum atomic E-state index is -0.0739. The SMILES string of the molecule is CCCCCN1C(=O)/C(=C\c2cc(O)cc(O)c2)N(C)C1=[Se]. The normalized spacial score (nSPS) is 16.9. The molecule has 2 rings (SSSR count). The topological polar surface area (TPSA) is 64.0 Å². The van der Waals surface area contributed by atoms with Gasteiger partial charge in [-0.25, -0.2) is 0 Å². The first-order chi connectivity index (χ1) is 10.4. The Labute approximate surface area is 138 Å². The molecule has 5 nitrogen and oxygen atoms in total. The molecule has 1 amide bonds. The van der Waals surface area contributed by atoms with Crippen molar-refractivity contribution in [3.05, 3.63) is 29.5 Å². The number of phenolic OH excluding ortho intramolecular Hbond substituents is 2. The number of carbonyl (C=O) groups excluding carboxylic acids is 1. The van der Waals surface area contributed by atoms with Crippen LogP contribution in [0.1, 0.15) is 31.7 Å². The summed E-state index contributed by atoms with van der Waals surface area (Å²) in [5.41, 5.74) is 1.09. The van der Waals surface area contributed by atoms with E-state index >= 15 is 0 Å². The van der Waals surface area contributed by atoms with Crippen molar-refractivity contribution in [1.29, 1.82) is 0 Å². The molecule has 1 aromatic carbocycles. The number of hydrogen-bond donors (Lipinski definition) is 2. The molecule has 0 bridgehead atoms. The second-order valence-electron chi connectivity index (χ2n) is 5.32. The molecule has 118 valence electrons. The van der Waals surface area contributed by atoms with E-state index in [1.165, 1.54) is 18.2 Å². The summed E-state index contributed by atoms with van der Waals surface area (Å²) in [6.45, 7) is 2.81. The number of phenols is 2. The van der Waals surface area contributed by atoms with Gasteiger partial charge >= 0.3 is 138 Å². The number of carbonyl (C=O) groups is 1. The Hall–Kier alpha value is -1.78. The van der Waals surface area contributed by atoms with Gasteiger partial charge < -0.3 is 0 Å². The van der Waals surface area contributed by atoms with Gasteiger partial charge in [0.25, 0.3) is 0 Å². The summed E-state index contributed by atoms with van der Waals surface area (Å²) in [5, 5.41) is 19.1. The van der Waals surface area contributed by atoms with Crippen molar-refractivity contribution in [1.82, 2.24) is 9.80 Å². The monoisotopic (exact) mass is 368 g/mol. The van der Waals surface area contributed by atoms with Gasteiger partial charge in [0.1, 0.15) is 0 Å². The van der Waals surface area contributed by atoms with Crippen molar-refractivity contribution in [2.75, 3.05) is 13.6 Å². The van der Waals surface area contributed by atoms with Crippen LogP contribution >= 0.6 is 0 Å². The Morgan fingerprint density at radius 3 is 2.41 bits per heavy atom. The zero-order chi connectivity index (χ0) is 16.3. The van der Waals surface area contributed by atoms with E-state index in [4.69, 9.17) is 0 Å². The van der Waals surface area contributed by atoms with Crippen molar-refractivity contribution < 1.29 is 15.0 Å². The van der Waals surface area contributed by atoms with Gasteiger partial charge in [-0.1, -0.05) is 0 Å². The van der Waals surface area contributed by atoms with Crippen molar-refractivity contribution >= 4 is 32.2 Å². The van der Waals surface area contributed by atoms with Crippen LogP contribution in [0.5, 0.6) is 11.5 Å². The maximum absolute atomic E-state index is 12.5. The molecule has 0 unspecified atom stereocenters. The predicted octanol–water partition coefficient (Wildman–Crippen LogP) is 1.66. The maximum atomic E-state index is 12.5. The Bertz CT molecular complexity index is 608. The third kappa shape index (κ3) is 3.51. The molecule has 0 aromatic heterocycles. The van der Waals surface area contributed by atoms with Crippen LogP contribution in [-0.2, 0) is 4.79 Å². The molecule has 1 aliphatic heterocycles. The fraction of sp³-hybridized carbons (Fsp3) is 0.375. The van der Waals surface area contributed by atoms with Crippen LogP contribution in [-0.4, -0.2) is 59.8 Å². The summed E-state index contributed by atoms with van der Waals surface area (Å²) < 4.78 is 0.775. The fourth-order valence-corrected chi connectivity index (χ4v) is 2.96. The van der Waals surface area contributed by atoms with Crippen LogP contribution in [0.2, 0.25) is 0 Å². The molecule has 1 saturated heterocycles. The van der Waals surface area contributed by atoms with Gasteiger partial charge in [-0.05, 0) is 0 Å². The Morgan fingerprint density at radius 2 is 1.82 bits per heavy atom. The first kappa shape index (κ1) is 16.6. The van der Waals surface area contributed by atoms with Crippen LogP contribution in [0.15, 0.2) is 23.9 Å². The molecule has 1 fully saturated rings. The second kappa shape index (κ2) is 6.99. The third-order valence-corrected chi connectivity index (χ3v) is 4.59. The average Bonchev–Trinajstić information content (AvgIpc) is 2.64. The molecule has 0 spiro atoms. The van der Waals surface area contributed by atoms with E-state index < -0.39 is 0 Å². The standard InChI is InChI=1S/C16H20N2O3Se/c1-3-4-5-6-18-15(21)14(17(2)16(18)22)9-11-7-12(19)10-13(20)8-11/h7-10,19-20H,3-6H2,1-2H3/b14-9+. The quantitative estimate of drug-likeness (QED) is 0.472. The van der Waals surface area contributed by atoms with E-state index in [-0.39, 0.29) is 17.4 Å². The molecule has 0 aliphatic carbocycles.